The molecule has 6 heteroatoms. The van der Waals surface area contributed by atoms with Crippen molar-refractivity contribution in [2.45, 2.75) is 23.6 Å². The maximum absolute atomic E-state index is 11.6. The van der Waals surface area contributed by atoms with Gasteiger partial charge in [-0.3, -0.25) is 0 Å². The van der Waals surface area contributed by atoms with Crippen molar-refractivity contribution in [3.8, 4) is 0 Å². The number of hydrogen-bond acceptors (Lipinski definition) is 4. The SMILES string of the molecule is CCS(=O)(=O)c1[c]ccc(S(=O)(=O)CC)c1. The molecule has 0 N–H and O–H groups in total. The summed E-state index contributed by atoms with van der Waals surface area (Å²) in [6.07, 6.45) is 0. The predicted octanol–water partition coefficient (Wildman–Crippen LogP) is 1.07. The molecule has 1 radical (unpaired) electrons. The third-order valence-corrected chi connectivity index (χ3v) is 5.60. The van der Waals surface area contributed by atoms with Crippen LogP contribution in [-0.2, 0) is 19.7 Å². The molecular formula is C10H13O4S2. The van der Waals surface area contributed by atoms with Crippen molar-refractivity contribution >= 4 is 19.7 Å². The molecule has 16 heavy (non-hydrogen) atoms. The van der Waals surface area contributed by atoms with Gasteiger partial charge in [-0.1, -0.05) is 19.9 Å². The van der Waals surface area contributed by atoms with Crippen LogP contribution in [0.2, 0.25) is 0 Å². The second kappa shape index (κ2) is 4.55. The summed E-state index contributed by atoms with van der Waals surface area (Å²) in [4.78, 5) is -0.0368. The van der Waals surface area contributed by atoms with Crippen molar-refractivity contribution in [2.24, 2.45) is 0 Å². The van der Waals surface area contributed by atoms with Crippen LogP contribution in [0.3, 0.4) is 0 Å². The Hall–Kier alpha value is -0.880. The molecule has 0 heterocycles. The first-order valence-corrected chi connectivity index (χ1v) is 8.11. The van der Waals surface area contributed by atoms with Gasteiger partial charge in [-0.2, -0.15) is 0 Å². The molecule has 4 nitrogen and oxygen atoms in total. The zero-order valence-corrected chi connectivity index (χ0v) is 10.7. The predicted molar refractivity (Wildman–Crippen MR) is 60.7 cm³/mol. The van der Waals surface area contributed by atoms with Gasteiger partial charge in [0.15, 0.2) is 19.7 Å². The minimum absolute atomic E-state index is 0.0285. The topological polar surface area (TPSA) is 68.3 Å². The lowest BCUT2D eigenvalue weighted by molar-refractivity contribution is 0.595. The Labute approximate surface area is 96.1 Å². The lowest BCUT2D eigenvalue weighted by Gasteiger charge is -2.04. The summed E-state index contributed by atoms with van der Waals surface area (Å²) in [5.41, 5.74) is 0. The van der Waals surface area contributed by atoms with E-state index in [1.54, 1.807) is 0 Å². The normalized spacial score (nSPS) is 12.6. The van der Waals surface area contributed by atoms with E-state index < -0.39 is 19.7 Å². The van der Waals surface area contributed by atoms with Gasteiger partial charge < -0.3 is 0 Å². The summed E-state index contributed by atoms with van der Waals surface area (Å²) >= 11 is 0. The maximum Gasteiger partial charge on any atom is 0.178 e. The Balaban J connectivity index is 3.37. The molecule has 89 valence electrons. The number of rotatable bonds is 4. The van der Waals surface area contributed by atoms with Crippen molar-refractivity contribution < 1.29 is 16.8 Å². The highest BCUT2D eigenvalue weighted by Gasteiger charge is 2.17. The first kappa shape index (κ1) is 13.2. The van der Waals surface area contributed by atoms with Gasteiger partial charge in [0.25, 0.3) is 0 Å². The fourth-order valence-electron chi connectivity index (χ4n) is 1.12. The summed E-state index contributed by atoms with van der Waals surface area (Å²) in [6.45, 7) is 3.02. The molecule has 0 spiro atoms. The third kappa shape index (κ3) is 2.62. The van der Waals surface area contributed by atoms with E-state index in [0.717, 1.165) is 6.07 Å². The molecule has 0 bridgehead atoms. The van der Waals surface area contributed by atoms with Crippen LogP contribution in [-0.4, -0.2) is 28.3 Å². The standard InChI is InChI=1S/C10H13O4S2/c1-3-15(11,12)9-6-5-7-10(8-9)16(13,14)4-2/h5-6,8H,3-4H2,1-2H3. The van der Waals surface area contributed by atoms with Crippen LogP contribution in [0.1, 0.15) is 13.8 Å². The van der Waals surface area contributed by atoms with E-state index in [9.17, 15) is 16.8 Å². The summed E-state index contributed by atoms with van der Waals surface area (Å²) in [6, 6.07) is 6.39. The molecule has 0 aliphatic carbocycles. The van der Waals surface area contributed by atoms with Gasteiger partial charge in [0.05, 0.1) is 21.3 Å². The van der Waals surface area contributed by atoms with Crippen LogP contribution in [0.25, 0.3) is 0 Å². The molecule has 1 aromatic carbocycles. The molecule has 1 rings (SSSR count). The zero-order valence-electron chi connectivity index (χ0n) is 9.10. The van der Waals surface area contributed by atoms with Crippen LogP contribution in [0.15, 0.2) is 28.0 Å². The Morgan fingerprint density at radius 3 is 2.12 bits per heavy atom. The average molecular weight is 261 g/mol. The number of benzene rings is 1. The molecule has 0 fully saturated rings. The number of sulfone groups is 2. The van der Waals surface area contributed by atoms with Crippen LogP contribution >= 0.6 is 0 Å². The summed E-state index contributed by atoms with van der Waals surface area (Å²) in [5, 5.41) is 0. The van der Waals surface area contributed by atoms with Gasteiger partial charge in [0, 0.05) is 6.07 Å². The first-order valence-electron chi connectivity index (χ1n) is 4.80. The Kier molecular flexibility index (Phi) is 3.75. The summed E-state index contributed by atoms with van der Waals surface area (Å²) in [7, 11) is -6.78. The van der Waals surface area contributed by atoms with Crippen molar-refractivity contribution in [2.75, 3.05) is 11.5 Å². The molecule has 0 atom stereocenters. The van der Waals surface area contributed by atoms with E-state index >= 15 is 0 Å². The quantitative estimate of drug-likeness (QED) is 0.813. The maximum atomic E-state index is 11.6. The monoisotopic (exact) mass is 261 g/mol. The van der Waals surface area contributed by atoms with Crippen molar-refractivity contribution in [1.29, 1.82) is 0 Å². The van der Waals surface area contributed by atoms with E-state index in [-0.39, 0.29) is 21.3 Å². The van der Waals surface area contributed by atoms with E-state index in [2.05, 4.69) is 6.07 Å². The first-order chi connectivity index (χ1) is 7.33. The largest absolute Gasteiger partial charge is 0.224 e. The van der Waals surface area contributed by atoms with Crippen LogP contribution in [0, 0.1) is 6.07 Å². The average Bonchev–Trinajstić information content (AvgIpc) is 2.29. The summed E-state index contributed by atoms with van der Waals surface area (Å²) < 4.78 is 46.2. The van der Waals surface area contributed by atoms with Crippen molar-refractivity contribution in [3.05, 3.63) is 24.3 Å². The van der Waals surface area contributed by atoms with Gasteiger partial charge in [-0.25, -0.2) is 16.8 Å². The van der Waals surface area contributed by atoms with Crippen LogP contribution in [0.5, 0.6) is 0 Å². The van der Waals surface area contributed by atoms with Crippen LogP contribution < -0.4 is 0 Å². The summed E-state index contributed by atoms with van der Waals surface area (Å²) in [5.74, 6) is -0.123. The fourth-order valence-corrected chi connectivity index (χ4v) is 2.97. The van der Waals surface area contributed by atoms with Gasteiger partial charge in [0.2, 0.25) is 0 Å². The van der Waals surface area contributed by atoms with Crippen LogP contribution in [0.4, 0.5) is 0 Å². The molecule has 0 aliphatic heterocycles. The van der Waals surface area contributed by atoms with E-state index in [1.807, 2.05) is 0 Å². The molecular weight excluding hydrogens is 248 g/mol. The fraction of sp³-hybridized carbons (Fsp3) is 0.400. The molecule has 0 amide bonds. The lowest BCUT2D eigenvalue weighted by atomic mass is 10.4. The van der Waals surface area contributed by atoms with Gasteiger partial charge >= 0.3 is 0 Å². The molecule has 0 aromatic heterocycles. The third-order valence-electron chi connectivity index (χ3n) is 2.20. The van der Waals surface area contributed by atoms with Crippen molar-refractivity contribution in [3.63, 3.8) is 0 Å². The van der Waals surface area contributed by atoms with E-state index in [4.69, 9.17) is 0 Å². The molecule has 0 saturated heterocycles. The zero-order chi connectivity index (χ0) is 12.4. The second-order valence-corrected chi connectivity index (χ2v) is 7.72. The number of hydrogen-bond donors (Lipinski definition) is 0. The highest BCUT2D eigenvalue weighted by Crippen LogP contribution is 2.17. The smallest absolute Gasteiger partial charge is 0.178 e. The highest BCUT2D eigenvalue weighted by molar-refractivity contribution is 7.92. The van der Waals surface area contributed by atoms with Gasteiger partial charge in [0.1, 0.15) is 0 Å². The van der Waals surface area contributed by atoms with E-state index in [0.29, 0.717) is 0 Å². The minimum Gasteiger partial charge on any atom is -0.224 e. The van der Waals surface area contributed by atoms with E-state index in [1.165, 1.54) is 26.0 Å². The van der Waals surface area contributed by atoms with Gasteiger partial charge in [-0.15, -0.1) is 0 Å². The molecule has 1 aromatic rings. The highest BCUT2D eigenvalue weighted by atomic mass is 32.2. The Morgan fingerprint density at radius 2 is 1.62 bits per heavy atom. The Morgan fingerprint density at radius 1 is 1.06 bits per heavy atom. The van der Waals surface area contributed by atoms with Gasteiger partial charge in [-0.05, 0) is 12.1 Å². The molecule has 0 unspecified atom stereocenters. The van der Waals surface area contributed by atoms with Crippen molar-refractivity contribution in [1.82, 2.24) is 0 Å². The molecule has 0 saturated carbocycles. The lowest BCUT2D eigenvalue weighted by Crippen LogP contribution is -2.08. The second-order valence-electron chi connectivity index (χ2n) is 3.20. The molecule has 0 aliphatic rings. The minimum atomic E-state index is -3.41. The Bertz CT molecular complexity index is 521.